The third-order valence-corrected chi connectivity index (χ3v) is 4.80. The molecule has 0 unspecified atom stereocenters. The third-order valence-electron chi connectivity index (χ3n) is 4.02. The van der Waals surface area contributed by atoms with Gasteiger partial charge in [-0.05, 0) is 36.6 Å². The van der Waals surface area contributed by atoms with Gasteiger partial charge in [0.15, 0.2) is 0 Å². The van der Waals surface area contributed by atoms with Crippen LogP contribution in [0.5, 0.6) is 0 Å². The molecule has 0 aliphatic carbocycles. The Bertz CT molecular complexity index is 725. The number of fused-ring (bicyclic) bond motifs is 1. The van der Waals surface area contributed by atoms with Crippen LogP contribution >= 0.6 is 15.9 Å². The van der Waals surface area contributed by atoms with Gasteiger partial charge in [0, 0.05) is 17.6 Å². The summed E-state index contributed by atoms with van der Waals surface area (Å²) in [5.74, 6) is -0.410. The van der Waals surface area contributed by atoms with Crippen molar-refractivity contribution < 1.29 is 14.3 Å². The predicted molar refractivity (Wildman–Crippen MR) is 95.1 cm³/mol. The Morgan fingerprint density at radius 1 is 0.875 bits per heavy atom. The molecule has 2 aromatic rings. The highest BCUT2D eigenvalue weighted by Gasteiger charge is 2.34. The molecule has 0 bridgehead atoms. The molecule has 0 N–H and O–H groups in total. The first-order chi connectivity index (χ1) is 11.7. The van der Waals surface area contributed by atoms with E-state index in [2.05, 4.69) is 22.0 Å². The average Bonchev–Trinajstić information content (AvgIpc) is 2.84. The number of amides is 2. The number of hydrogen-bond donors (Lipinski definition) is 0. The summed E-state index contributed by atoms with van der Waals surface area (Å²) in [5.41, 5.74) is 2.20. The number of imide groups is 1. The lowest BCUT2D eigenvalue weighted by Gasteiger charge is -2.13. The molecule has 0 fully saturated rings. The maximum absolute atomic E-state index is 12.2. The molecule has 1 aliphatic heterocycles. The minimum atomic E-state index is -0.205. The maximum atomic E-state index is 12.2. The van der Waals surface area contributed by atoms with Crippen molar-refractivity contribution in [2.45, 2.75) is 12.8 Å². The van der Waals surface area contributed by atoms with Crippen molar-refractivity contribution in [2.75, 3.05) is 19.8 Å². The molecule has 5 heteroatoms. The molecule has 2 aromatic carbocycles. The van der Waals surface area contributed by atoms with Gasteiger partial charge in [-0.1, -0.05) is 46.3 Å². The first kappa shape index (κ1) is 16.9. The van der Waals surface area contributed by atoms with E-state index in [4.69, 9.17) is 4.74 Å². The summed E-state index contributed by atoms with van der Waals surface area (Å²) in [6.07, 6.45) is 1.47. The highest BCUT2D eigenvalue weighted by Crippen LogP contribution is 2.22. The van der Waals surface area contributed by atoms with E-state index in [0.717, 1.165) is 10.9 Å². The molecule has 0 atom stereocenters. The smallest absolute Gasteiger partial charge is 0.261 e. The van der Waals surface area contributed by atoms with E-state index in [1.165, 1.54) is 10.5 Å². The maximum Gasteiger partial charge on any atom is 0.261 e. The molecule has 1 heterocycles. The SMILES string of the molecule is O=C1c2ccccc2C(=O)N1CCCOCCc1ccccc1Br. The fourth-order valence-electron chi connectivity index (χ4n) is 2.75. The lowest BCUT2D eigenvalue weighted by Crippen LogP contribution is -2.31. The molecule has 0 radical (unpaired) electrons. The number of carbonyl (C=O) groups excluding carboxylic acids is 2. The van der Waals surface area contributed by atoms with Crippen LogP contribution < -0.4 is 0 Å². The van der Waals surface area contributed by atoms with Gasteiger partial charge < -0.3 is 4.74 Å². The number of ether oxygens (including phenoxy) is 1. The predicted octanol–water partition coefficient (Wildman–Crippen LogP) is 3.69. The van der Waals surface area contributed by atoms with Crippen molar-refractivity contribution in [1.82, 2.24) is 4.90 Å². The van der Waals surface area contributed by atoms with E-state index in [9.17, 15) is 9.59 Å². The Kier molecular flexibility index (Phi) is 5.43. The second-order valence-electron chi connectivity index (χ2n) is 5.61. The zero-order valence-corrected chi connectivity index (χ0v) is 14.8. The largest absolute Gasteiger partial charge is 0.381 e. The van der Waals surface area contributed by atoms with Crippen LogP contribution in [0.25, 0.3) is 0 Å². The highest BCUT2D eigenvalue weighted by atomic mass is 79.9. The molecule has 2 amide bonds. The zero-order valence-electron chi connectivity index (χ0n) is 13.2. The topological polar surface area (TPSA) is 46.6 Å². The number of carbonyl (C=O) groups is 2. The van der Waals surface area contributed by atoms with Crippen molar-refractivity contribution in [3.63, 3.8) is 0 Å². The summed E-state index contributed by atoms with van der Waals surface area (Å²) < 4.78 is 6.71. The number of rotatable bonds is 7. The summed E-state index contributed by atoms with van der Waals surface area (Å²) in [5, 5.41) is 0. The lowest BCUT2D eigenvalue weighted by atomic mass is 10.1. The van der Waals surface area contributed by atoms with Crippen molar-refractivity contribution in [1.29, 1.82) is 0 Å². The minimum absolute atomic E-state index is 0.205. The van der Waals surface area contributed by atoms with Crippen LogP contribution in [-0.2, 0) is 11.2 Å². The average molecular weight is 388 g/mol. The van der Waals surface area contributed by atoms with Gasteiger partial charge in [0.2, 0.25) is 0 Å². The molecule has 0 aromatic heterocycles. The third kappa shape index (κ3) is 3.57. The van der Waals surface area contributed by atoms with Gasteiger partial charge in [-0.25, -0.2) is 0 Å². The molecule has 124 valence electrons. The van der Waals surface area contributed by atoms with E-state index in [1.807, 2.05) is 18.2 Å². The van der Waals surface area contributed by atoms with Crippen LogP contribution in [0.15, 0.2) is 53.0 Å². The fourth-order valence-corrected chi connectivity index (χ4v) is 3.24. The van der Waals surface area contributed by atoms with Gasteiger partial charge in [0.05, 0.1) is 17.7 Å². The number of nitrogens with zero attached hydrogens (tertiary/aromatic N) is 1. The Morgan fingerprint density at radius 2 is 1.50 bits per heavy atom. The van der Waals surface area contributed by atoms with Crippen LogP contribution in [0, 0.1) is 0 Å². The minimum Gasteiger partial charge on any atom is -0.381 e. The Labute approximate surface area is 149 Å². The molecular formula is C19H18BrNO3. The molecule has 3 rings (SSSR count). The normalized spacial score (nSPS) is 13.5. The second kappa shape index (κ2) is 7.73. The van der Waals surface area contributed by atoms with Crippen LogP contribution in [0.1, 0.15) is 32.7 Å². The van der Waals surface area contributed by atoms with Crippen molar-refractivity contribution in [2.24, 2.45) is 0 Å². The second-order valence-corrected chi connectivity index (χ2v) is 6.47. The van der Waals surface area contributed by atoms with Crippen LogP contribution in [0.2, 0.25) is 0 Å². The number of benzene rings is 2. The highest BCUT2D eigenvalue weighted by molar-refractivity contribution is 9.10. The van der Waals surface area contributed by atoms with Crippen LogP contribution in [0.3, 0.4) is 0 Å². The van der Waals surface area contributed by atoms with Gasteiger partial charge in [0.25, 0.3) is 11.8 Å². The van der Waals surface area contributed by atoms with Gasteiger partial charge in [-0.2, -0.15) is 0 Å². The molecular weight excluding hydrogens is 370 g/mol. The van der Waals surface area contributed by atoms with Crippen LogP contribution in [0.4, 0.5) is 0 Å². The van der Waals surface area contributed by atoms with E-state index in [1.54, 1.807) is 24.3 Å². The summed E-state index contributed by atoms with van der Waals surface area (Å²) in [7, 11) is 0. The fraction of sp³-hybridized carbons (Fsp3) is 0.263. The van der Waals surface area contributed by atoms with Crippen LogP contribution in [-0.4, -0.2) is 36.5 Å². The van der Waals surface area contributed by atoms with Crippen molar-refractivity contribution >= 4 is 27.7 Å². The van der Waals surface area contributed by atoms with Gasteiger partial charge in [-0.3, -0.25) is 14.5 Å². The van der Waals surface area contributed by atoms with E-state index in [0.29, 0.717) is 37.3 Å². The van der Waals surface area contributed by atoms with E-state index >= 15 is 0 Å². The quantitative estimate of drug-likeness (QED) is 0.537. The molecule has 0 saturated heterocycles. The standard InChI is InChI=1S/C19H18BrNO3/c20-17-9-4-1-6-14(17)10-13-24-12-5-11-21-18(22)15-7-2-3-8-16(15)19(21)23/h1-4,6-9H,5,10-13H2. The van der Waals surface area contributed by atoms with Gasteiger partial charge in [-0.15, -0.1) is 0 Å². The summed E-state index contributed by atoms with van der Waals surface area (Å²) in [6, 6.07) is 15.0. The Hall–Kier alpha value is -1.98. The Balaban J connectivity index is 1.41. The zero-order chi connectivity index (χ0) is 16.9. The summed E-state index contributed by atoms with van der Waals surface area (Å²) in [6.45, 7) is 1.53. The first-order valence-corrected chi connectivity index (χ1v) is 8.74. The molecule has 1 aliphatic rings. The first-order valence-electron chi connectivity index (χ1n) is 7.95. The van der Waals surface area contributed by atoms with Gasteiger partial charge >= 0.3 is 0 Å². The Morgan fingerprint density at radius 3 is 2.17 bits per heavy atom. The number of halogens is 1. The summed E-state index contributed by atoms with van der Waals surface area (Å²) in [4.78, 5) is 25.7. The van der Waals surface area contributed by atoms with E-state index in [-0.39, 0.29) is 11.8 Å². The molecule has 0 saturated carbocycles. The van der Waals surface area contributed by atoms with E-state index < -0.39 is 0 Å². The van der Waals surface area contributed by atoms with Gasteiger partial charge in [0.1, 0.15) is 0 Å². The molecule has 0 spiro atoms. The monoisotopic (exact) mass is 387 g/mol. The molecule has 4 nitrogen and oxygen atoms in total. The number of hydrogen-bond acceptors (Lipinski definition) is 3. The van der Waals surface area contributed by atoms with Crippen molar-refractivity contribution in [3.05, 3.63) is 69.7 Å². The summed E-state index contributed by atoms with van der Waals surface area (Å²) >= 11 is 3.51. The lowest BCUT2D eigenvalue weighted by molar-refractivity contribution is 0.0627. The molecule has 24 heavy (non-hydrogen) atoms. The van der Waals surface area contributed by atoms with Crippen molar-refractivity contribution in [3.8, 4) is 0 Å².